The van der Waals surface area contributed by atoms with E-state index in [1.165, 1.54) is 38.9 Å². The smallest absolute Gasteiger partial charge is 0.0223 e. The third-order valence-corrected chi connectivity index (χ3v) is 3.48. The second-order valence-corrected chi connectivity index (χ2v) is 5.34. The molecular weight excluding hydrogens is 198 g/mol. The molecule has 0 aromatic carbocycles. The second-order valence-electron chi connectivity index (χ2n) is 5.34. The molecule has 3 heteroatoms. The van der Waals surface area contributed by atoms with Gasteiger partial charge < -0.3 is 10.2 Å². The van der Waals surface area contributed by atoms with Crippen molar-refractivity contribution in [3.05, 3.63) is 0 Å². The number of likely N-dealkylation sites (N-methyl/N-ethyl adjacent to an activating group) is 1. The predicted octanol–water partition coefficient (Wildman–Crippen LogP) is 1.40. The maximum absolute atomic E-state index is 3.49. The van der Waals surface area contributed by atoms with Gasteiger partial charge in [-0.3, -0.25) is 4.90 Å². The monoisotopic (exact) mass is 227 g/mol. The van der Waals surface area contributed by atoms with Crippen LogP contribution < -0.4 is 5.32 Å². The van der Waals surface area contributed by atoms with Crippen LogP contribution in [-0.4, -0.2) is 62.2 Å². The molecule has 2 unspecified atom stereocenters. The average Bonchev–Trinajstić information content (AvgIpc) is 2.62. The SMILES string of the molecule is CCNC(C)CCN1CCCC1CN(C)C. The summed E-state index contributed by atoms with van der Waals surface area (Å²) >= 11 is 0. The first-order chi connectivity index (χ1) is 7.63. The Kier molecular flexibility index (Phi) is 6.32. The Hall–Kier alpha value is -0.120. The molecule has 1 aliphatic heterocycles. The van der Waals surface area contributed by atoms with E-state index in [2.05, 4.69) is 43.1 Å². The Bertz CT molecular complexity index is 182. The van der Waals surface area contributed by atoms with Gasteiger partial charge in [-0.25, -0.2) is 0 Å². The summed E-state index contributed by atoms with van der Waals surface area (Å²) in [4.78, 5) is 4.99. The number of hydrogen-bond acceptors (Lipinski definition) is 3. The van der Waals surface area contributed by atoms with Gasteiger partial charge in [0.1, 0.15) is 0 Å². The molecule has 1 rings (SSSR count). The Morgan fingerprint density at radius 1 is 1.44 bits per heavy atom. The van der Waals surface area contributed by atoms with Crippen LogP contribution in [0.1, 0.15) is 33.1 Å². The minimum Gasteiger partial charge on any atom is -0.314 e. The normalized spacial score (nSPS) is 24.2. The minimum atomic E-state index is 0.658. The Labute approximate surface area is 101 Å². The molecule has 1 saturated heterocycles. The zero-order valence-corrected chi connectivity index (χ0v) is 11.5. The lowest BCUT2D eigenvalue weighted by Crippen LogP contribution is -2.40. The summed E-state index contributed by atoms with van der Waals surface area (Å²) in [5.74, 6) is 0. The van der Waals surface area contributed by atoms with Crippen LogP contribution >= 0.6 is 0 Å². The highest BCUT2D eigenvalue weighted by Gasteiger charge is 2.24. The maximum atomic E-state index is 3.49. The molecule has 0 bridgehead atoms. The van der Waals surface area contributed by atoms with Gasteiger partial charge in [-0.1, -0.05) is 6.92 Å². The van der Waals surface area contributed by atoms with Crippen LogP contribution in [0.4, 0.5) is 0 Å². The van der Waals surface area contributed by atoms with E-state index in [9.17, 15) is 0 Å². The van der Waals surface area contributed by atoms with Gasteiger partial charge in [0.05, 0.1) is 0 Å². The molecule has 0 amide bonds. The first-order valence-electron chi connectivity index (χ1n) is 6.75. The number of nitrogens with zero attached hydrogens (tertiary/aromatic N) is 2. The summed E-state index contributed by atoms with van der Waals surface area (Å²) in [5, 5.41) is 3.49. The van der Waals surface area contributed by atoms with E-state index in [0.717, 1.165) is 12.6 Å². The fraction of sp³-hybridized carbons (Fsp3) is 1.00. The first-order valence-corrected chi connectivity index (χ1v) is 6.75. The molecule has 0 aromatic heterocycles. The van der Waals surface area contributed by atoms with Crippen LogP contribution in [0.3, 0.4) is 0 Å². The summed E-state index contributed by atoms with van der Waals surface area (Å²) in [5.41, 5.74) is 0. The summed E-state index contributed by atoms with van der Waals surface area (Å²) in [6, 6.07) is 1.45. The molecule has 0 spiro atoms. The van der Waals surface area contributed by atoms with Crippen LogP contribution in [-0.2, 0) is 0 Å². The van der Waals surface area contributed by atoms with Gasteiger partial charge >= 0.3 is 0 Å². The molecule has 0 radical (unpaired) electrons. The Balaban J connectivity index is 2.24. The Morgan fingerprint density at radius 2 is 2.19 bits per heavy atom. The zero-order chi connectivity index (χ0) is 12.0. The van der Waals surface area contributed by atoms with Crippen LogP contribution in [0, 0.1) is 0 Å². The molecular formula is C13H29N3. The highest BCUT2D eigenvalue weighted by molar-refractivity contribution is 4.81. The largest absolute Gasteiger partial charge is 0.314 e. The fourth-order valence-corrected chi connectivity index (χ4v) is 2.63. The molecule has 3 nitrogen and oxygen atoms in total. The zero-order valence-electron chi connectivity index (χ0n) is 11.5. The van der Waals surface area contributed by atoms with Gasteiger partial charge in [-0.15, -0.1) is 0 Å². The lowest BCUT2D eigenvalue weighted by Gasteiger charge is -2.28. The molecule has 96 valence electrons. The molecule has 1 aliphatic rings. The van der Waals surface area contributed by atoms with Crippen molar-refractivity contribution in [1.82, 2.24) is 15.1 Å². The number of hydrogen-bond donors (Lipinski definition) is 1. The molecule has 16 heavy (non-hydrogen) atoms. The number of nitrogens with one attached hydrogen (secondary N) is 1. The third-order valence-electron chi connectivity index (χ3n) is 3.48. The average molecular weight is 227 g/mol. The van der Waals surface area contributed by atoms with E-state index in [-0.39, 0.29) is 0 Å². The molecule has 0 saturated carbocycles. The van der Waals surface area contributed by atoms with Gasteiger partial charge in [0.15, 0.2) is 0 Å². The van der Waals surface area contributed by atoms with Gasteiger partial charge in [0, 0.05) is 18.6 Å². The van der Waals surface area contributed by atoms with Gasteiger partial charge in [-0.2, -0.15) is 0 Å². The third kappa shape index (κ3) is 4.81. The maximum Gasteiger partial charge on any atom is 0.0223 e. The van der Waals surface area contributed by atoms with Gasteiger partial charge in [-0.05, 0) is 59.9 Å². The van der Waals surface area contributed by atoms with Crippen molar-refractivity contribution in [3.8, 4) is 0 Å². The van der Waals surface area contributed by atoms with E-state index >= 15 is 0 Å². The number of rotatable bonds is 7. The molecule has 2 atom stereocenters. The van der Waals surface area contributed by atoms with Crippen LogP contribution in [0.15, 0.2) is 0 Å². The number of likely N-dealkylation sites (tertiary alicyclic amines) is 1. The van der Waals surface area contributed by atoms with Crippen molar-refractivity contribution < 1.29 is 0 Å². The summed E-state index contributed by atoms with van der Waals surface area (Å²) < 4.78 is 0. The van der Waals surface area contributed by atoms with Crippen LogP contribution in [0.25, 0.3) is 0 Å². The summed E-state index contributed by atoms with van der Waals surface area (Å²) in [6.45, 7) is 9.34. The molecule has 1 heterocycles. The van der Waals surface area contributed by atoms with Crippen molar-refractivity contribution in [1.29, 1.82) is 0 Å². The quantitative estimate of drug-likeness (QED) is 0.709. The van der Waals surface area contributed by atoms with E-state index in [1.54, 1.807) is 0 Å². The highest BCUT2D eigenvalue weighted by Crippen LogP contribution is 2.18. The van der Waals surface area contributed by atoms with E-state index in [1.807, 2.05) is 0 Å². The van der Waals surface area contributed by atoms with Crippen LogP contribution in [0.5, 0.6) is 0 Å². The lowest BCUT2D eigenvalue weighted by molar-refractivity contribution is 0.200. The van der Waals surface area contributed by atoms with Gasteiger partial charge in [0.2, 0.25) is 0 Å². The summed E-state index contributed by atoms with van der Waals surface area (Å²) in [6.07, 6.45) is 4.04. The van der Waals surface area contributed by atoms with E-state index in [0.29, 0.717) is 6.04 Å². The fourth-order valence-electron chi connectivity index (χ4n) is 2.63. The predicted molar refractivity (Wildman–Crippen MR) is 70.9 cm³/mol. The molecule has 1 N–H and O–H groups in total. The van der Waals surface area contributed by atoms with Crippen molar-refractivity contribution in [2.45, 2.75) is 45.2 Å². The highest BCUT2D eigenvalue weighted by atomic mass is 15.2. The molecule has 0 aromatic rings. The van der Waals surface area contributed by atoms with E-state index < -0.39 is 0 Å². The lowest BCUT2D eigenvalue weighted by atomic mass is 10.2. The van der Waals surface area contributed by atoms with Crippen molar-refractivity contribution >= 4 is 0 Å². The van der Waals surface area contributed by atoms with Crippen molar-refractivity contribution in [2.24, 2.45) is 0 Å². The Morgan fingerprint density at radius 3 is 2.81 bits per heavy atom. The van der Waals surface area contributed by atoms with E-state index in [4.69, 9.17) is 0 Å². The topological polar surface area (TPSA) is 18.5 Å². The molecule has 0 aliphatic carbocycles. The van der Waals surface area contributed by atoms with Crippen molar-refractivity contribution in [2.75, 3.05) is 40.3 Å². The standard InChI is InChI=1S/C13H29N3/c1-5-14-12(2)8-10-16-9-6-7-13(16)11-15(3)4/h12-14H,5-11H2,1-4H3. The molecule has 1 fully saturated rings. The van der Waals surface area contributed by atoms with Gasteiger partial charge in [0.25, 0.3) is 0 Å². The van der Waals surface area contributed by atoms with Crippen molar-refractivity contribution in [3.63, 3.8) is 0 Å². The first kappa shape index (κ1) is 13.9. The second kappa shape index (κ2) is 7.25. The van der Waals surface area contributed by atoms with Crippen LogP contribution in [0.2, 0.25) is 0 Å². The minimum absolute atomic E-state index is 0.658. The summed E-state index contributed by atoms with van der Waals surface area (Å²) in [7, 11) is 4.36.